The highest BCUT2D eigenvalue weighted by Gasteiger charge is 2.32. The van der Waals surface area contributed by atoms with Crippen molar-refractivity contribution in [1.82, 2.24) is 5.32 Å². The third-order valence-electron chi connectivity index (χ3n) is 3.62. The van der Waals surface area contributed by atoms with Gasteiger partial charge in [-0.05, 0) is 51.7 Å². The van der Waals surface area contributed by atoms with Gasteiger partial charge in [0.05, 0.1) is 12.1 Å². The van der Waals surface area contributed by atoms with Gasteiger partial charge in [0.1, 0.15) is 12.4 Å². The summed E-state index contributed by atoms with van der Waals surface area (Å²) in [6, 6.07) is 4.82. The Labute approximate surface area is 116 Å². The largest absolute Gasteiger partial charge is 0.491 e. The molecule has 1 aromatic rings. The van der Waals surface area contributed by atoms with Crippen molar-refractivity contribution in [2.75, 3.05) is 13.2 Å². The zero-order chi connectivity index (χ0) is 14.0. The molecule has 1 saturated carbocycles. The van der Waals surface area contributed by atoms with Crippen molar-refractivity contribution in [1.29, 1.82) is 0 Å². The van der Waals surface area contributed by atoms with Crippen molar-refractivity contribution in [2.24, 2.45) is 0 Å². The lowest BCUT2D eigenvalue weighted by Gasteiger charge is -2.29. The molecule has 0 amide bonds. The van der Waals surface area contributed by atoms with Crippen molar-refractivity contribution in [3.8, 4) is 5.75 Å². The first kappa shape index (κ1) is 14.4. The van der Waals surface area contributed by atoms with E-state index in [1.54, 1.807) is 0 Å². The SMILES string of the molecule is Cc1cc(C)c(OCC(C)(CO)NC2CC2)c(C)c1. The van der Waals surface area contributed by atoms with Crippen LogP contribution in [0.1, 0.15) is 36.5 Å². The lowest BCUT2D eigenvalue weighted by atomic mass is 10.0. The first-order chi connectivity index (χ1) is 8.93. The van der Waals surface area contributed by atoms with Crippen LogP contribution in [0, 0.1) is 20.8 Å². The maximum Gasteiger partial charge on any atom is 0.125 e. The molecule has 0 aromatic heterocycles. The van der Waals surface area contributed by atoms with Crippen LogP contribution in [-0.4, -0.2) is 29.9 Å². The van der Waals surface area contributed by atoms with Gasteiger partial charge in [-0.1, -0.05) is 17.7 Å². The Bertz CT molecular complexity index is 431. The molecule has 2 N–H and O–H groups in total. The highest BCUT2D eigenvalue weighted by molar-refractivity contribution is 5.43. The predicted molar refractivity (Wildman–Crippen MR) is 77.8 cm³/mol. The fourth-order valence-corrected chi connectivity index (χ4v) is 2.48. The summed E-state index contributed by atoms with van der Waals surface area (Å²) in [5.41, 5.74) is 3.21. The van der Waals surface area contributed by atoms with E-state index >= 15 is 0 Å². The smallest absolute Gasteiger partial charge is 0.125 e. The number of benzene rings is 1. The number of aliphatic hydroxyl groups excluding tert-OH is 1. The number of aliphatic hydroxyl groups is 1. The molecule has 19 heavy (non-hydrogen) atoms. The third-order valence-corrected chi connectivity index (χ3v) is 3.62. The minimum atomic E-state index is -0.356. The van der Waals surface area contributed by atoms with Gasteiger partial charge in [0.25, 0.3) is 0 Å². The van der Waals surface area contributed by atoms with Crippen molar-refractivity contribution in [2.45, 2.75) is 52.1 Å². The summed E-state index contributed by atoms with van der Waals surface area (Å²) < 4.78 is 5.98. The number of nitrogens with one attached hydrogen (secondary N) is 1. The van der Waals surface area contributed by atoms with E-state index in [-0.39, 0.29) is 12.1 Å². The topological polar surface area (TPSA) is 41.5 Å². The summed E-state index contributed by atoms with van der Waals surface area (Å²) in [7, 11) is 0. The van der Waals surface area contributed by atoms with E-state index in [4.69, 9.17) is 4.74 Å². The van der Waals surface area contributed by atoms with Gasteiger partial charge in [-0.25, -0.2) is 0 Å². The van der Waals surface area contributed by atoms with E-state index in [1.165, 1.54) is 18.4 Å². The van der Waals surface area contributed by atoms with Crippen LogP contribution in [0.2, 0.25) is 0 Å². The molecule has 1 unspecified atom stereocenters. The van der Waals surface area contributed by atoms with E-state index in [0.717, 1.165) is 16.9 Å². The van der Waals surface area contributed by atoms with Crippen LogP contribution in [0.3, 0.4) is 0 Å². The van der Waals surface area contributed by atoms with Gasteiger partial charge in [-0.3, -0.25) is 0 Å². The Hall–Kier alpha value is -1.06. The van der Waals surface area contributed by atoms with Gasteiger partial charge in [-0.2, -0.15) is 0 Å². The lowest BCUT2D eigenvalue weighted by Crippen LogP contribution is -2.51. The van der Waals surface area contributed by atoms with Crippen LogP contribution < -0.4 is 10.1 Å². The average molecular weight is 263 g/mol. The van der Waals surface area contributed by atoms with Gasteiger partial charge in [0.15, 0.2) is 0 Å². The maximum atomic E-state index is 9.58. The molecule has 1 aliphatic carbocycles. The molecule has 1 fully saturated rings. The maximum absolute atomic E-state index is 9.58. The molecule has 0 heterocycles. The molecular weight excluding hydrogens is 238 g/mol. The van der Waals surface area contributed by atoms with E-state index in [9.17, 15) is 5.11 Å². The fraction of sp³-hybridized carbons (Fsp3) is 0.625. The molecule has 0 spiro atoms. The second-order valence-corrected chi connectivity index (χ2v) is 6.15. The Kier molecular flexibility index (Phi) is 4.16. The summed E-state index contributed by atoms with van der Waals surface area (Å²) in [5, 5.41) is 13.0. The molecule has 0 aliphatic heterocycles. The number of ether oxygens (including phenoxy) is 1. The van der Waals surface area contributed by atoms with Crippen LogP contribution in [-0.2, 0) is 0 Å². The second kappa shape index (κ2) is 5.51. The van der Waals surface area contributed by atoms with Gasteiger partial charge < -0.3 is 15.2 Å². The van der Waals surface area contributed by atoms with Crippen molar-refractivity contribution >= 4 is 0 Å². The molecule has 0 radical (unpaired) electrons. The van der Waals surface area contributed by atoms with Crippen LogP contribution in [0.25, 0.3) is 0 Å². The van der Waals surface area contributed by atoms with Gasteiger partial charge in [0, 0.05) is 6.04 Å². The number of hydrogen-bond acceptors (Lipinski definition) is 3. The van der Waals surface area contributed by atoms with Gasteiger partial charge >= 0.3 is 0 Å². The Balaban J connectivity index is 2.04. The minimum Gasteiger partial charge on any atom is -0.491 e. The molecule has 3 heteroatoms. The van der Waals surface area contributed by atoms with Crippen LogP contribution >= 0.6 is 0 Å². The number of rotatable bonds is 6. The van der Waals surface area contributed by atoms with Crippen molar-refractivity contribution in [3.05, 3.63) is 28.8 Å². The molecule has 1 aliphatic rings. The zero-order valence-electron chi connectivity index (χ0n) is 12.4. The summed E-state index contributed by atoms with van der Waals surface area (Å²) in [5.74, 6) is 0.947. The summed E-state index contributed by atoms with van der Waals surface area (Å²) in [4.78, 5) is 0. The number of aryl methyl sites for hydroxylation is 3. The minimum absolute atomic E-state index is 0.0907. The van der Waals surface area contributed by atoms with Crippen LogP contribution in [0.5, 0.6) is 5.75 Å². The standard InChI is InChI=1S/C16H25NO2/c1-11-7-12(2)15(13(3)8-11)19-10-16(4,9-18)17-14-5-6-14/h7-8,14,17-18H,5-6,9-10H2,1-4H3. The lowest BCUT2D eigenvalue weighted by molar-refractivity contribution is 0.113. The molecule has 1 aromatic carbocycles. The van der Waals surface area contributed by atoms with Crippen LogP contribution in [0.15, 0.2) is 12.1 Å². The number of hydrogen-bond donors (Lipinski definition) is 2. The normalized spacial score (nSPS) is 18.2. The first-order valence-corrected chi connectivity index (χ1v) is 7.03. The molecular formula is C16H25NO2. The van der Waals surface area contributed by atoms with E-state index in [1.807, 2.05) is 6.92 Å². The molecule has 106 valence electrons. The summed E-state index contributed by atoms with van der Waals surface area (Å²) in [6.07, 6.45) is 2.41. The fourth-order valence-electron chi connectivity index (χ4n) is 2.48. The predicted octanol–water partition coefficient (Wildman–Crippen LogP) is 2.49. The molecule has 1 atom stereocenters. The highest BCUT2D eigenvalue weighted by atomic mass is 16.5. The molecule has 0 bridgehead atoms. The van der Waals surface area contributed by atoms with E-state index in [2.05, 4.69) is 38.2 Å². The monoisotopic (exact) mass is 263 g/mol. The summed E-state index contributed by atoms with van der Waals surface area (Å²) >= 11 is 0. The van der Waals surface area contributed by atoms with Crippen LogP contribution in [0.4, 0.5) is 0 Å². The molecule has 3 nitrogen and oxygen atoms in total. The Morgan fingerprint density at radius 3 is 2.32 bits per heavy atom. The summed E-state index contributed by atoms with van der Waals surface area (Å²) in [6.45, 7) is 8.83. The Morgan fingerprint density at radius 2 is 1.84 bits per heavy atom. The second-order valence-electron chi connectivity index (χ2n) is 6.15. The van der Waals surface area contributed by atoms with Gasteiger partial charge in [-0.15, -0.1) is 0 Å². The van der Waals surface area contributed by atoms with E-state index in [0.29, 0.717) is 12.6 Å². The molecule has 0 saturated heterocycles. The average Bonchev–Trinajstić information content (AvgIpc) is 3.11. The Morgan fingerprint density at radius 1 is 1.26 bits per heavy atom. The zero-order valence-corrected chi connectivity index (χ0v) is 12.4. The third kappa shape index (κ3) is 3.71. The molecule has 2 rings (SSSR count). The van der Waals surface area contributed by atoms with Crippen molar-refractivity contribution in [3.63, 3.8) is 0 Å². The quantitative estimate of drug-likeness (QED) is 0.828. The highest BCUT2D eigenvalue weighted by Crippen LogP contribution is 2.27. The first-order valence-electron chi connectivity index (χ1n) is 7.03. The van der Waals surface area contributed by atoms with E-state index < -0.39 is 0 Å². The van der Waals surface area contributed by atoms with Crippen molar-refractivity contribution < 1.29 is 9.84 Å². The van der Waals surface area contributed by atoms with Gasteiger partial charge in [0.2, 0.25) is 0 Å².